The van der Waals surface area contributed by atoms with E-state index in [1.807, 2.05) is 4.72 Å². The van der Waals surface area contributed by atoms with Gasteiger partial charge in [0.25, 0.3) is 0 Å². The molecule has 0 radical (unpaired) electrons. The number of rotatable bonds is 9. The number of aliphatic hydroxyl groups excluding tert-OH is 1. The van der Waals surface area contributed by atoms with Crippen LogP contribution in [0.4, 0.5) is 0 Å². The van der Waals surface area contributed by atoms with Crippen molar-refractivity contribution >= 4 is 16.0 Å². The Bertz CT molecular complexity index is 326. The molecule has 0 aromatic rings. The fourth-order valence-electron chi connectivity index (χ4n) is 1.03. The summed E-state index contributed by atoms with van der Waals surface area (Å²) in [6.45, 7) is 3.14. The molecule has 3 N–H and O–H groups in total. The molecule has 0 aliphatic rings. The van der Waals surface area contributed by atoms with Gasteiger partial charge in [0.15, 0.2) is 0 Å². The third kappa shape index (κ3) is 8.08. The summed E-state index contributed by atoms with van der Waals surface area (Å²) in [5, 5.41) is 17.3. The minimum atomic E-state index is -3.71. The van der Waals surface area contributed by atoms with Crippen LogP contribution in [0.3, 0.4) is 0 Å². The SMILES string of the molecule is CC(C)OCCS(=O)(=O)NC(CCO)C(=O)O. The average Bonchev–Trinajstić information content (AvgIpc) is 2.15. The first kappa shape index (κ1) is 16.3. The number of hydrogen-bond acceptors (Lipinski definition) is 5. The number of nitrogens with one attached hydrogen (secondary N) is 1. The molecule has 8 heteroatoms. The highest BCUT2D eigenvalue weighted by molar-refractivity contribution is 7.89. The van der Waals surface area contributed by atoms with Crippen LogP contribution in [0.15, 0.2) is 0 Å². The first-order valence-corrected chi connectivity index (χ1v) is 6.89. The summed E-state index contributed by atoms with van der Waals surface area (Å²) in [5.74, 6) is -1.62. The van der Waals surface area contributed by atoms with Gasteiger partial charge in [-0.05, 0) is 20.3 Å². The lowest BCUT2D eigenvalue weighted by Crippen LogP contribution is -2.43. The van der Waals surface area contributed by atoms with Gasteiger partial charge in [0.1, 0.15) is 6.04 Å². The van der Waals surface area contributed by atoms with Gasteiger partial charge in [0.2, 0.25) is 10.0 Å². The van der Waals surface area contributed by atoms with Gasteiger partial charge >= 0.3 is 5.97 Å². The molecule has 17 heavy (non-hydrogen) atoms. The molecular weight excluding hydrogens is 250 g/mol. The molecule has 102 valence electrons. The number of carbonyl (C=O) groups is 1. The molecule has 0 aromatic heterocycles. The lowest BCUT2D eigenvalue weighted by Gasteiger charge is -2.14. The predicted molar refractivity (Wildman–Crippen MR) is 61.1 cm³/mol. The molecule has 0 bridgehead atoms. The van der Waals surface area contributed by atoms with Crippen LogP contribution in [0, 0.1) is 0 Å². The summed E-state index contributed by atoms with van der Waals surface area (Å²) in [7, 11) is -3.71. The van der Waals surface area contributed by atoms with Gasteiger partial charge in [-0.15, -0.1) is 0 Å². The van der Waals surface area contributed by atoms with Gasteiger partial charge in [-0.3, -0.25) is 4.79 Å². The molecule has 0 aromatic carbocycles. The Balaban J connectivity index is 4.26. The Labute approximate surface area is 101 Å². The number of carboxylic acids is 1. The summed E-state index contributed by atoms with van der Waals surface area (Å²) in [4.78, 5) is 10.7. The highest BCUT2D eigenvalue weighted by atomic mass is 32.2. The van der Waals surface area contributed by atoms with Crippen molar-refractivity contribution in [2.24, 2.45) is 0 Å². The minimum absolute atomic E-state index is 0.00152. The second kappa shape index (κ2) is 7.59. The van der Waals surface area contributed by atoms with E-state index in [0.717, 1.165) is 0 Å². The van der Waals surface area contributed by atoms with Crippen molar-refractivity contribution in [3.63, 3.8) is 0 Å². The Kier molecular flexibility index (Phi) is 7.28. The Morgan fingerprint density at radius 3 is 2.41 bits per heavy atom. The molecule has 0 aliphatic carbocycles. The normalized spacial score (nSPS) is 13.9. The molecule has 0 rings (SSSR count). The van der Waals surface area contributed by atoms with Crippen molar-refractivity contribution in [1.29, 1.82) is 0 Å². The van der Waals surface area contributed by atoms with Crippen LogP contribution in [0.25, 0.3) is 0 Å². The number of ether oxygens (including phenoxy) is 1. The van der Waals surface area contributed by atoms with Crippen LogP contribution in [0.1, 0.15) is 20.3 Å². The van der Waals surface area contributed by atoms with Crippen LogP contribution >= 0.6 is 0 Å². The smallest absolute Gasteiger partial charge is 0.321 e. The van der Waals surface area contributed by atoms with Crippen LogP contribution in [0.2, 0.25) is 0 Å². The van der Waals surface area contributed by atoms with Crippen molar-refractivity contribution < 1.29 is 28.2 Å². The quantitative estimate of drug-likeness (QED) is 0.503. The van der Waals surface area contributed by atoms with Gasteiger partial charge < -0.3 is 14.9 Å². The highest BCUT2D eigenvalue weighted by Crippen LogP contribution is 1.97. The second-order valence-electron chi connectivity index (χ2n) is 3.76. The van der Waals surface area contributed by atoms with E-state index < -0.39 is 28.6 Å². The zero-order valence-electron chi connectivity index (χ0n) is 9.92. The zero-order valence-corrected chi connectivity index (χ0v) is 10.7. The van der Waals surface area contributed by atoms with Gasteiger partial charge in [0.05, 0.1) is 18.5 Å². The minimum Gasteiger partial charge on any atom is -0.480 e. The molecule has 0 heterocycles. The van der Waals surface area contributed by atoms with Crippen LogP contribution < -0.4 is 4.72 Å². The summed E-state index contributed by atoms with van der Waals surface area (Å²) in [5.41, 5.74) is 0. The Hall–Kier alpha value is -0.700. The number of aliphatic hydroxyl groups is 1. The molecule has 0 spiro atoms. The zero-order chi connectivity index (χ0) is 13.5. The van der Waals surface area contributed by atoms with Gasteiger partial charge in [-0.1, -0.05) is 0 Å². The molecule has 0 amide bonds. The molecule has 1 unspecified atom stereocenters. The van der Waals surface area contributed by atoms with Crippen molar-refractivity contribution in [3.8, 4) is 0 Å². The topological polar surface area (TPSA) is 113 Å². The van der Waals surface area contributed by atoms with Crippen LogP contribution in [0.5, 0.6) is 0 Å². The first-order valence-electron chi connectivity index (χ1n) is 5.23. The molecule has 0 saturated carbocycles. The van der Waals surface area contributed by atoms with E-state index in [4.69, 9.17) is 14.9 Å². The van der Waals surface area contributed by atoms with E-state index in [2.05, 4.69) is 0 Å². The number of carboxylic acid groups (broad SMARTS) is 1. The third-order valence-electron chi connectivity index (χ3n) is 1.84. The van der Waals surface area contributed by atoms with E-state index >= 15 is 0 Å². The second-order valence-corrected chi connectivity index (χ2v) is 5.63. The third-order valence-corrected chi connectivity index (χ3v) is 3.19. The number of hydrogen-bond donors (Lipinski definition) is 3. The molecule has 0 aliphatic heterocycles. The number of sulfonamides is 1. The molecule has 0 fully saturated rings. The maximum Gasteiger partial charge on any atom is 0.321 e. The summed E-state index contributed by atoms with van der Waals surface area (Å²) in [6, 6.07) is -1.30. The Morgan fingerprint density at radius 1 is 1.41 bits per heavy atom. The maximum atomic E-state index is 11.5. The number of aliphatic carboxylic acids is 1. The molecule has 1 atom stereocenters. The monoisotopic (exact) mass is 269 g/mol. The van der Waals surface area contributed by atoms with Crippen molar-refractivity contribution in [2.45, 2.75) is 32.4 Å². The fraction of sp³-hybridized carbons (Fsp3) is 0.889. The van der Waals surface area contributed by atoms with Gasteiger partial charge in [-0.25, -0.2) is 13.1 Å². The lowest BCUT2D eigenvalue weighted by molar-refractivity contribution is -0.139. The average molecular weight is 269 g/mol. The van der Waals surface area contributed by atoms with E-state index in [1.165, 1.54) is 0 Å². The van der Waals surface area contributed by atoms with E-state index in [0.29, 0.717) is 0 Å². The molecule has 7 nitrogen and oxygen atoms in total. The van der Waals surface area contributed by atoms with Gasteiger partial charge in [0, 0.05) is 6.61 Å². The first-order chi connectivity index (χ1) is 7.78. The maximum absolute atomic E-state index is 11.5. The largest absolute Gasteiger partial charge is 0.480 e. The lowest BCUT2D eigenvalue weighted by atomic mass is 10.2. The fourth-order valence-corrected chi connectivity index (χ4v) is 2.12. The van der Waals surface area contributed by atoms with Crippen molar-refractivity contribution in [3.05, 3.63) is 0 Å². The van der Waals surface area contributed by atoms with E-state index in [-0.39, 0.29) is 24.9 Å². The van der Waals surface area contributed by atoms with Gasteiger partial charge in [-0.2, -0.15) is 0 Å². The van der Waals surface area contributed by atoms with E-state index in [1.54, 1.807) is 13.8 Å². The summed E-state index contributed by atoms with van der Waals surface area (Å²) in [6.07, 6.45) is -0.252. The Morgan fingerprint density at radius 2 is 2.00 bits per heavy atom. The molecule has 0 saturated heterocycles. The standard InChI is InChI=1S/C9H19NO6S/c1-7(2)16-5-6-17(14,15)10-8(3-4-11)9(12)13/h7-8,10-11H,3-6H2,1-2H3,(H,12,13). The van der Waals surface area contributed by atoms with Crippen LogP contribution in [-0.2, 0) is 19.6 Å². The van der Waals surface area contributed by atoms with E-state index in [9.17, 15) is 13.2 Å². The van der Waals surface area contributed by atoms with Crippen molar-refractivity contribution in [1.82, 2.24) is 4.72 Å². The van der Waals surface area contributed by atoms with Crippen LogP contribution in [-0.4, -0.2) is 55.7 Å². The summed E-state index contributed by atoms with van der Waals surface area (Å²) < 4.78 is 30.0. The highest BCUT2D eigenvalue weighted by Gasteiger charge is 2.23. The predicted octanol–water partition coefficient (Wildman–Crippen LogP) is -0.834. The molecular formula is C9H19NO6S. The summed E-state index contributed by atoms with van der Waals surface area (Å²) >= 11 is 0. The van der Waals surface area contributed by atoms with Crippen molar-refractivity contribution in [2.75, 3.05) is 19.0 Å².